The number of benzene rings is 3. The molecule has 3 aromatic rings. The first-order valence-corrected chi connectivity index (χ1v) is 14.2. The van der Waals surface area contributed by atoms with Gasteiger partial charge in [-0.05, 0) is 49.2 Å². The molecule has 0 spiro atoms. The van der Waals surface area contributed by atoms with Gasteiger partial charge in [-0.15, -0.1) is 0 Å². The van der Waals surface area contributed by atoms with Crippen molar-refractivity contribution < 1.29 is 37.8 Å². The molecule has 4 amide bonds. The fourth-order valence-corrected chi connectivity index (χ4v) is 5.43. The minimum absolute atomic E-state index is 0.00444. The number of nitrogens with one attached hydrogen (secondary N) is 2. The molecule has 1 unspecified atom stereocenters. The van der Waals surface area contributed by atoms with Crippen LogP contribution in [-0.4, -0.2) is 62.2 Å². The molecular formula is C32H35F2N4O6+. The minimum atomic E-state index is -1.14. The van der Waals surface area contributed by atoms with Gasteiger partial charge in [-0.25, -0.2) is 27.6 Å². The Labute approximate surface area is 253 Å². The maximum absolute atomic E-state index is 14.0. The van der Waals surface area contributed by atoms with Gasteiger partial charge < -0.3 is 25.4 Å². The second kappa shape index (κ2) is 14.1. The first-order valence-electron chi connectivity index (χ1n) is 14.2. The number of carbonyl (C=O) groups is 4. The van der Waals surface area contributed by atoms with E-state index >= 15 is 0 Å². The van der Waals surface area contributed by atoms with Gasteiger partial charge in [0.05, 0.1) is 12.6 Å². The van der Waals surface area contributed by atoms with Crippen LogP contribution in [0.15, 0.2) is 66.7 Å². The third kappa shape index (κ3) is 7.56. The molecule has 1 aliphatic rings. The average molecular weight is 610 g/mol. The van der Waals surface area contributed by atoms with Gasteiger partial charge in [-0.2, -0.15) is 0 Å². The van der Waals surface area contributed by atoms with Crippen LogP contribution in [0.25, 0.3) is 0 Å². The zero-order valence-electron chi connectivity index (χ0n) is 24.5. The van der Waals surface area contributed by atoms with Crippen molar-refractivity contribution in [2.75, 3.05) is 37.5 Å². The van der Waals surface area contributed by atoms with E-state index in [0.29, 0.717) is 11.8 Å². The lowest BCUT2D eigenvalue weighted by atomic mass is 9.91. The van der Waals surface area contributed by atoms with Gasteiger partial charge in [0.1, 0.15) is 24.2 Å². The molecule has 12 heteroatoms. The lowest BCUT2D eigenvalue weighted by Gasteiger charge is -2.41. The summed E-state index contributed by atoms with van der Waals surface area (Å²) >= 11 is 0. The summed E-state index contributed by atoms with van der Waals surface area (Å²) in [4.78, 5) is 51.9. The van der Waals surface area contributed by atoms with Gasteiger partial charge in [-0.3, -0.25) is 4.79 Å². The average Bonchev–Trinajstić information content (AvgIpc) is 3.01. The summed E-state index contributed by atoms with van der Waals surface area (Å²) in [6, 6.07) is 14.6. The molecule has 44 heavy (non-hydrogen) atoms. The second-order valence-electron chi connectivity index (χ2n) is 10.8. The van der Waals surface area contributed by atoms with Crippen molar-refractivity contribution in [1.82, 2.24) is 9.80 Å². The number of quaternary nitrogens is 1. The Morgan fingerprint density at radius 3 is 2.32 bits per heavy atom. The molecule has 0 aliphatic heterocycles. The second-order valence-corrected chi connectivity index (χ2v) is 10.8. The molecular weight excluding hydrogens is 574 g/mol. The van der Waals surface area contributed by atoms with Crippen LogP contribution >= 0.6 is 0 Å². The van der Waals surface area contributed by atoms with Crippen molar-refractivity contribution in [2.45, 2.75) is 38.1 Å². The topological polar surface area (TPSA) is 125 Å². The SMILES string of the molecule is CN(C(=O)COc1ccccc1[N+](C)(C(=O)CNC(=O)Nc1cccc(C(=O)O)c1)C1CCCCC1)c1cc(F)cc(F)c1. The van der Waals surface area contributed by atoms with E-state index in [2.05, 4.69) is 10.6 Å². The third-order valence-corrected chi connectivity index (χ3v) is 7.92. The summed E-state index contributed by atoms with van der Waals surface area (Å²) < 4.78 is 33.2. The molecule has 0 saturated heterocycles. The molecule has 3 aromatic carbocycles. The van der Waals surface area contributed by atoms with E-state index in [-0.39, 0.29) is 45.7 Å². The molecule has 1 fully saturated rings. The number of carboxylic acids is 1. The Kier molecular flexibility index (Phi) is 10.3. The van der Waals surface area contributed by atoms with Crippen LogP contribution in [0.2, 0.25) is 0 Å². The number of urea groups is 1. The highest BCUT2D eigenvalue weighted by atomic mass is 19.1. The van der Waals surface area contributed by atoms with Crippen molar-refractivity contribution in [3.8, 4) is 5.75 Å². The van der Waals surface area contributed by atoms with Crippen molar-refractivity contribution in [3.63, 3.8) is 0 Å². The van der Waals surface area contributed by atoms with Crippen LogP contribution < -0.4 is 24.8 Å². The zero-order valence-corrected chi connectivity index (χ0v) is 24.5. The molecule has 0 radical (unpaired) electrons. The van der Waals surface area contributed by atoms with Gasteiger partial charge in [0, 0.05) is 43.4 Å². The fourth-order valence-electron chi connectivity index (χ4n) is 5.43. The first kappa shape index (κ1) is 32.1. The number of carboxylic acid groups (broad SMARTS) is 1. The minimum Gasteiger partial charge on any atom is -0.478 e. The van der Waals surface area contributed by atoms with Crippen LogP contribution in [-0.2, 0) is 9.59 Å². The normalized spacial score (nSPS) is 14.6. The lowest BCUT2D eigenvalue weighted by molar-refractivity contribution is -0.130. The number of rotatable bonds is 10. The maximum atomic E-state index is 14.0. The first-order chi connectivity index (χ1) is 21.0. The lowest BCUT2D eigenvalue weighted by Crippen LogP contribution is -2.61. The van der Waals surface area contributed by atoms with Crippen LogP contribution in [0.3, 0.4) is 0 Å². The van der Waals surface area contributed by atoms with Crippen molar-refractivity contribution in [2.24, 2.45) is 0 Å². The van der Waals surface area contributed by atoms with E-state index < -0.39 is 36.1 Å². The molecule has 0 bridgehead atoms. The van der Waals surface area contributed by atoms with Gasteiger partial charge in [-0.1, -0.05) is 24.6 Å². The van der Waals surface area contributed by atoms with Gasteiger partial charge in [0.15, 0.2) is 18.0 Å². The van der Waals surface area contributed by atoms with Gasteiger partial charge >= 0.3 is 17.9 Å². The number of hydrogen-bond donors (Lipinski definition) is 3. The highest BCUT2D eigenvalue weighted by Gasteiger charge is 2.44. The number of carbonyl (C=O) groups excluding carboxylic acids is 3. The predicted molar refractivity (Wildman–Crippen MR) is 162 cm³/mol. The van der Waals surface area contributed by atoms with Crippen molar-refractivity contribution in [3.05, 3.63) is 83.9 Å². The number of anilines is 2. The highest BCUT2D eigenvalue weighted by Crippen LogP contribution is 2.39. The summed E-state index contributed by atoms with van der Waals surface area (Å²) in [7, 11) is 3.14. The van der Waals surface area contributed by atoms with Crippen LogP contribution in [0.4, 0.5) is 30.6 Å². The van der Waals surface area contributed by atoms with Gasteiger partial charge in [0.25, 0.3) is 5.91 Å². The summed E-state index contributed by atoms with van der Waals surface area (Å²) in [5.41, 5.74) is 0.799. The Morgan fingerprint density at radius 2 is 1.64 bits per heavy atom. The largest absolute Gasteiger partial charge is 0.478 e. The smallest absolute Gasteiger partial charge is 0.338 e. The molecule has 3 N–H and O–H groups in total. The quantitative estimate of drug-likeness (QED) is 0.267. The molecule has 1 saturated carbocycles. The molecule has 0 heterocycles. The Hall–Kier alpha value is -4.84. The summed E-state index contributed by atoms with van der Waals surface area (Å²) in [5, 5.41) is 14.3. The molecule has 0 aromatic heterocycles. The number of para-hydroxylation sites is 2. The number of halogens is 2. The Balaban J connectivity index is 1.52. The molecule has 4 rings (SSSR count). The van der Waals surface area contributed by atoms with Gasteiger partial charge in [0.2, 0.25) is 0 Å². The molecule has 232 valence electrons. The molecule has 1 aliphatic carbocycles. The number of hydrogen-bond acceptors (Lipinski definition) is 5. The van der Waals surface area contributed by atoms with E-state index in [1.807, 2.05) is 0 Å². The molecule has 10 nitrogen and oxygen atoms in total. The predicted octanol–water partition coefficient (Wildman–Crippen LogP) is 5.32. The van der Waals surface area contributed by atoms with Crippen LogP contribution in [0.5, 0.6) is 5.75 Å². The maximum Gasteiger partial charge on any atom is 0.338 e. The summed E-state index contributed by atoms with van der Waals surface area (Å²) in [6.45, 7) is -0.793. The van der Waals surface area contributed by atoms with Crippen LogP contribution in [0.1, 0.15) is 42.5 Å². The van der Waals surface area contributed by atoms with Crippen LogP contribution in [0, 0.1) is 11.6 Å². The Bertz CT molecular complexity index is 1520. The zero-order chi connectivity index (χ0) is 31.9. The standard InChI is InChI=1S/C32H34F2N4O6/c1-37(25-17-22(33)16-23(34)18-25)29(39)20-44-28-14-7-6-13-27(28)38(2,26-11-4-3-5-12-26)30(40)19-35-32(43)36-24-10-8-9-21(15-24)31(41)42/h6-10,13-18,26H,3-5,11-12,19-20H2,1-2H3,(H2-,35,36,41,42,43)/p+1. The number of amides is 4. The highest BCUT2D eigenvalue weighted by molar-refractivity contribution is 5.98. The monoisotopic (exact) mass is 609 g/mol. The van der Waals surface area contributed by atoms with E-state index in [1.165, 1.54) is 31.3 Å². The summed E-state index contributed by atoms with van der Waals surface area (Å²) in [6.07, 6.45) is 4.42. The fraction of sp³-hybridized carbons (Fsp3) is 0.312. The van der Waals surface area contributed by atoms with E-state index in [1.54, 1.807) is 31.3 Å². The Morgan fingerprint density at radius 1 is 0.955 bits per heavy atom. The van der Waals surface area contributed by atoms with E-state index in [9.17, 15) is 33.1 Å². The summed E-state index contributed by atoms with van der Waals surface area (Å²) in [5.74, 6) is -3.37. The van der Waals surface area contributed by atoms with Crippen molar-refractivity contribution >= 4 is 40.9 Å². The van der Waals surface area contributed by atoms with Crippen molar-refractivity contribution in [1.29, 1.82) is 0 Å². The third-order valence-electron chi connectivity index (χ3n) is 7.92. The number of likely N-dealkylation sites (N-methyl/N-ethyl adjacent to an activating group) is 2. The van der Waals surface area contributed by atoms with E-state index in [4.69, 9.17) is 4.74 Å². The van der Waals surface area contributed by atoms with E-state index in [0.717, 1.165) is 49.1 Å². The number of nitrogens with zero attached hydrogens (tertiary/aromatic N) is 2. The number of ether oxygens (including phenoxy) is 1. The number of aromatic carboxylic acids is 1. The molecule has 1 atom stereocenters.